The van der Waals surface area contributed by atoms with Gasteiger partial charge < -0.3 is 5.32 Å². The van der Waals surface area contributed by atoms with Gasteiger partial charge in [0.25, 0.3) is 5.91 Å². The van der Waals surface area contributed by atoms with Crippen molar-refractivity contribution in [3.05, 3.63) is 57.8 Å². The van der Waals surface area contributed by atoms with Crippen LogP contribution in [-0.4, -0.2) is 26.7 Å². The molecule has 1 aromatic carbocycles. The molecule has 0 spiro atoms. The van der Waals surface area contributed by atoms with Crippen LogP contribution in [0.2, 0.25) is 0 Å². The molecule has 2 aromatic heterocycles. The summed E-state index contributed by atoms with van der Waals surface area (Å²) in [5.41, 5.74) is 3.49. The van der Waals surface area contributed by atoms with Crippen molar-refractivity contribution in [3.8, 4) is 0 Å². The lowest BCUT2D eigenvalue weighted by Gasteiger charge is -2.10. The molecule has 4 rings (SSSR count). The van der Waals surface area contributed by atoms with Crippen LogP contribution in [0.3, 0.4) is 0 Å². The molecule has 5 nitrogen and oxygen atoms in total. The third-order valence-electron chi connectivity index (χ3n) is 4.84. The second-order valence-electron chi connectivity index (χ2n) is 7.18. The number of amides is 1. The lowest BCUT2D eigenvalue weighted by molar-refractivity contribution is 0.0952. The number of carbonyl (C=O) groups excluding carboxylic acids is 1. The van der Waals surface area contributed by atoms with Crippen molar-refractivity contribution in [2.45, 2.75) is 45.2 Å². The average molecular weight is 413 g/mol. The molecule has 1 aliphatic rings. The zero-order chi connectivity index (χ0) is 18.4. The normalized spacial score (nSPS) is 19.1. The van der Waals surface area contributed by atoms with Crippen LogP contribution < -0.4 is 5.32 Å². The molecule has 26 heavy (non-hydrogen) atoms. The topological polar surface area (TPSA) is 59.8 Å². The Bertz CT molecular complexity index is 995. The maximum atomic E-state index is 12.9. The number of halogens is 1. The van der Waals surface area contributed by atoms with Crippen LogP contribution in [0.15, 0.2) is 41.0 Å². The van der Waals surface area contributed by atoms with E-state index in [4.69, 9.17) is 0 Å². The fourth-order valence-electron chi connectivity index (χ4n) is 3.43. The van der Waals surface area contributed by atoms with Gasteiger partial charge in [-0.05, 0) is 44.9 Å². The second-order valence-corrected chi connectivity index (χ2v) is 8.03. The first-order valence-corrected chi connectivity index (χ1v) is 9.65. The first-order chi connectivity index (χ1) is 12.5. The van der Waals surface area contributed by atoms with Gasteiger partial charge in [-0.25, -0.2) is 9.67 Å². The molecular weight excluding hydrogens is 392 g/mol. The number of hydrogen-bond acceptors (Lipinski definition) is 3. The van der Waals surface area contributed by atoms with E-state index in [0.717, 1.165) is 27.6 Å². The van der Waals surface area contributed by atoms with Crippen molar-refractivity contribution in [2.75, 3.05) is 0 Å². The Hall–Kier alpha value is -2.21. The number of pyridine rings is 1. The minimum Gasteiger partial charge on any atom is -0.349 e. The molecule has 0 radical (unpaired) electrons. The minimum atomic E-state index is -0.0524. The maximum absolute atomic E-state index is 12.9. The first-order valence-electron chi connectivity index (χ1n) is 8.86. The largest absolute Gasteiger partial charge is 0.349 e. The van der Waals surface area contributed by atoms with Crippen molar-refractivity contribution < 1.29 is 4.79 Å². The van der Waals surface area contributed by atoms with Gasteiger partial charge in [0, 0.05) is 28.2 Å². The molecule has 1 N–H and O–H groups in total. The summed E-state index contributed by atoms with van der Waals surface area (Å²) in [5.74, 6) is 0.315. The summed E-state index contributed by atoms with van der Waals surface area (Å²) in [6, 6.07) is 10.4. The summed E-state index contributed by atoms with van der Waals surface area (Å²) in [6.07, 6.45) is 2.71. The summed E-state index contributed by atoms with van der Waals surface area (Å²) in [6.45, 7) is 6.03. The van der Waals surface area contributed by atoms with Crippen molar-refractivity contribution in [1.82, 2.24) is 20.1 Å². The molecule has 0 aliphatic heterocycles. The lowest BCUT2D eigenvalue weighted by atomic mass is 10.1. The molecular formula is C20H21BrN4O. The first kappa shape index (κ1) is 17.2. The highest BCUT2D eigenvalue weighted by Gasteiger charge is 2.40. The van der Waals surface area contributed by atoms with Crippen LogP contribution in [-0.2, 0) is 0 Å². The molecule has 134 valence electrons. The molecule has 1 saturated carbocycles. The monoisotopic (exact) mass is 412 g/mol. The highest BCUT2D eigenvalue weighted by molar-refractivity contribution is 9.10. The van der Waals surface area contributed by atoms with Crippen molar-refractivity contribution in [2.24, 2.45) is 0 Å². The van der Waals surface area contributed by atoms with Crippen LogP contribution >= 0.6 is 15.9 Å². The Morgan fingerprint density at radius 1 is 1.35 bits per heavy atom. The van der Waals surface area contributed by atoms with E-state index >= 15 is 0 Å². The van der Waals surface area contributed by atoms with Crippen molar-refractivity contribution >= 4 is 32.9 Å². The maximum Gasteiger partial charge on any atom is 0.252 e. The smallest absolute Gasteiger partial charge is 0.252 e. The molecule has 6 heteroatoms. The highest BCUT2D eigenvalue weighted by atomic mass is 79.9. The lowest BCUT2D eigenvalue weighted by Crippen LogP contribution is -2.27. The zero-order valence-electron chi connectivity index (χ0n) is 15.0. The molecule has 0 saturated heterocycles. The molecule has 1 fully saturated rings. The number of aromatic nitrogens is 3. The van der Waals surface area contributed by atoms with E-state index in [-0.39, 0.29) is 18.0 Å². The Kier molecular flexibility index (Phi) is 4.31. The predicted octanol–water partition coefficient (Wildman–Crippen LogP) is 4.37. The Morgan fingerprint density at radius 2 is 2.12 bits per heavy atom. The van der Waals surface area contributed by atoms with Gasteiger partial charge in [0.15, 0.2) is 5.65 Å². The fourth-order valence-corrected chi connectivity index (χ4v) is 4.01. The molecule has 1 amide bonds. The molecule has 0 bridgehead atoms. The number of nitrogens with one attached hydrogen (secondary N) is 1. The minimum absolute atomic E-state index is 0.0524. The fraction of sp³-hybridized carbons (Fsp3) is 0.350. The summed E-state index contributed by atoms with van der Waals surface area (Å²) < 4.78 is 2.96. The van der Waals surface area contributed by atoms with Crippen LogP contribution in [0, 0.1) is 6.92 Å². The van der Waals surface area contributed by atoms with E-state index in [0.29, 0.717) is 11.5 Å². The van der Waals surface area contributed by atoms with E-state index in [1.807, 2.05) is 35.9 Å². The number of hydrogen-bond donors (Lipinski definition) is 1. The molecule has 2 atom stereocenters. The van der Waals surface area contributed by atoms with Crippen molar-refractivity contribution in [3.63, 3.8) is 0 Å². The third kappa shape index (κ3) is 3.03. The van der Waals surface area contributed by atoms with Gasteiger partial charge in [0.2, 0.25) is 0 Å². The summed E-state index contributed by atoms with van der Waals surface area (Å²) in [4.78, 5) is 17.5. The van der Waals surface area contributed by atoms with Crippen LogP contribution in [0.25, 0.3) is 11.0 Å². The molecule has 2 heterocycles. The number of carbonyl (C=O) groups is 1. The molecule has 3 aromatic rings. The zero-order valence-corrected chi connectivity index (χ0v) is 16.6. The number of benzene rings is 1. The average Bonchev–Trinajstić information content (AvgIpc) is 3.21. The van der Waals surface area contributed by atoms with Crippen LogP contribution in [0.1, 0.15) is 53.8 Å². The van der Waals surface area contributed by atoms with E-state index in [1.54, 1.807) is 6.20 Å². The summed E-state index contributed by atoms with van der Waals surface area (Å²) >= 11 is 3.60. The van der Waals surface area contributed by atoms with Gasteiger partial charge in [-0.2, -0.15) is 5.10 Å². The molecule has 0 unspecified atom stereocenters. The van der Waals surface area contributed by atoms with Gasteiger partial charge in [-0.15, -0.1) is 0 Å². The Balaban J connectivity index is 1.59. The van der Waals surface area contributed by atoms with Gasteiger partial charge in [-0.3, -0.25) is 4.79 Å². The number of fused-ring (bicyclic) bond motifs is 1. The number of aryl methyl sites for hydroxylation is 1. The van der Waals surface area contributed by atoms with E-state index in [1.165, 1.54) is 5.56 Å². The second kappa shape index (κ2) is 6.50. The SMILES string of the molecule is Cc1cc(C(=O)N[C@@H]2C[C@H]2c2ccccc2Br)c2cnn(C(C)C)c2n1. The van der Waals surface area contributed by atoms with E-state index in [9.17, 15) is 4.79 Å². The number of nitrogens with zero attached hydrogens (tertiary/aromatic N) is 3. The molecule has 1 aliphatic carbocycles. The predicted molar refractivity (Wildman–Crippen MR) is 105 cm³/mol. The highest BCUT2D eigenvalue weighted by Crippen LogP contribution is 2.43. The van der Waals surface area contributed by atoms with Gasteiger partial charge in [-0.1, -0.05) is 34.1 Å². The third-order valence-corrected chi connectivity index (χ3v) is 5.56. The van der Waals surface area contributed by atoms with Crippen molar-refractivity contribution in [1.29, 1.82) is 0 Å². The Morgan fingerprint density at radius 3 is 2.85 bits per heavy atom. The standard InChI is InChI=1S/C20H21BrN4O/c1-11(2)25-19-16(10-22-25)15(8-12(3)23-19)20(26)24-18-9-14(18)13-6-4-5-7-17(13)21/h4-8,10-11,14,18H,9H2,1-3H3,(H,24,26)/t14-,18+/m0/s1. The van der Waals surface area contributed by atoms with Gasteiger partial charge in [0.05, 0.1) is 17.1 Å². The quantitative estimate of drug-likeness (QED) is 0.691. The summed E-state index contributed by atoms with van der Waals surface area (Å²) in [7, 11) is 0. The van der Waals surface area contributed by atoms with E-state index < -0.39 is 0 Å². The van der Waals surface area contributed by atoms with Gasteiger partial charge >= 0.3 is 0 Å². The van der Waals surface area contributed by atoms with Gasteiger partial charge in [0.1, 0.15) is 0 Å². The van der Waals surface area contributed by atoms with E-state index in [2.05, 4.69) is 51.2 Å². The number of rotatable bonds is 4. The van der Waals surface area contributed by atoms with Crippen LogP contribution in [0.5, 0.6) is 0 Å². The van der Waals surface area contributed by atoms with Crippen LogP contribution in [0.4, 0.5) is 0 Å². The summed E-state index contributed by atoms with van der Waals surface area (Å²) in [5, 5.41) is 8.40. The Labute approximate surface area is 160 Å².